The molecular weight excluding hydrogens is 348 g/mol. The van der Waals surface area contributed by atoms with Crippen molar-refractivity contribution < 1.29 is 4.79 Å². The number of rotatable bonds is 6. The van der Waals surface area contributed by atoms with Crippen LogP contribution in [0.1, 0.15) is 17.5 Å². The SMILES string of the molecule is O=C(NCCN1CCc2ccccc2C1)NCC1CCN(c2ccccc2)C1. The number of nitrogens with zero attached hydrogens (tertiary/aromatic N) is 2. The summed E-state index contributed by atoms with van der Waals surface area (Å²) in [6.07, 6.45) is 2.23. The van der Waals surface area contributed by atoms with E-state index >= 15 is 0 Å². The second-order valence-electron chi connectivity index (χ2n) is 7.87. The fraction of sp³-hybridized carbons (Fsp3) is 0.435. The van der Waals surface area contributed by atoms with Gasteiger partial charge in [0, 0.05) is 51.5 Å². The highest BCUT2D eigenvalue weighted by molar-refractivity contribution is 5.73. The standard InChI is InChI=1S/C23H30N4O/c28-23(24-12-15-26-13-11-20-6-4-5-7-21(20)18-26)25-16-19-10-14-27(17-19)22-8-2-1-3-9-22/h1-9,19H,10-18H2,(H2,24,25,28). The summed E-state index contributed by atoms with van der Waals surface area (Å²) in [6, 6.07) is 19.1. The summed E-state index contributed by atoms with van der Waals surface area (Å²) in [7, 11) is 0. The van der Waals surface area contributed by atoms with Gasteiger partial charge in [0.2, 0.25) is 0 Å². The highest BCUT2D eigenvalue weighted by Crippen LogP contribution is 2.23. The third kappa shape index (κ3) is 4.84. The third-order valence-corrected chi connectivity index (χ3v) is 5.88. The van der Waals surface area contributed by atoms with Gasteiger partial charge in [-0.25, -0.2) is 4.79 Å². The molecule has 0 saturated carbocycles. The lowest BCUT2D eigenvalue weighted by Crippen LogP contribution is -2.43. The van der Waals surface area contributed by atoms with E-state index < -0.39 is 0 Å². The molecule has 1 fully saturated rings. The molecule has 4 rings (SSSR count). The number of hydrogen-bond donors (Lipinski definition) is 2. The molecule has 28 heavy (non-hydrogen) atoms. The molecule has 2 aromatic carbocycles. The van der Waals surface area contributed by atoms with Gasteiger partial charge in [-0.15, -0.1) is 0 Å². The average molecular weight is 379 g/mol. The summed E-state index contributed by atoms with van der Waals surface area (Å²) >= 11 is 0. The molecule has 2 heterocycles. The van der Waals surface area contributed by atoms with E-state index in [0.29, 0.717) is 12.5 Å². The van der Waals surface area contributed by atoms with Gasteiger partial charge in [0.25, 0.3) is 0 Å². The fourth-order valence-corrected chi connectivity index (χ4v) is 4.24. The zero-order chi connectivity index (χ0) is 19.2. The maximum absolute atomic E-state index is 12.1. The van der Waals surface area contributed by atoms with Gasteiger partial charge in [0.05, 0.1) is 0 Å². The Morgan fingerprint density at radius 2 is 1.75 bits per heavy atom. The van der Waals surface area contributed by atoms with Crippen molar-refractivity contribution in [2.24, 2.45) is 5.92 Å². The molecule has 0 radical (unpaired) electrons. The first-order valence-electron chi connectivity index (χ1n) is 10.4. The van der Waals surface area contributed by atoms with Crippen LogP contribution < -0.4 is 15.5 Å². The minimum Gasteiger partial charge on any atom is -0.371 e. The first-order valence-corrected chi connectivity index (χ1v) is 10.4. The highest BCUT2D eigenvalue weighted by atomic mass is 16.2. The minimum atomic E-state index is -0.0458. The van der Waals surface area contributed by atoms with Crippen LogP contribution >= 0.6 is 0 Å². The second kappa shape index (κ2) is 9.11. The summed E-state index contributed by atoms with van der Waals surface area (Å²) < 4.78 is 0. The minimum absolute atomic E-state index is 0.0458. The van der Waals surface area contributed by atoms with E-state index in [1.807, 2.05) is 6.07 Å². The molecule has 2 N–H and O–H groups in total. The van der Waals surface area contributed by atoms with Crippen LogP contribution in [-0.4, -0.2) is 50.2 Å². The van der Waals surface area contributed by atoms with Crippen molar-refractivity contribution >= 4 is 11.7 Å². The van der Waals surface area contributed by atoms with Gasteiger partial charge >= 0.3 is 6.03 Å². The number of benzene rings is 2. The molecule has 5 heteroatoms. The molecule has 1 saturated heterocycles. The first-order chi connectivity index (χ1) is 13.8. The van der Waals surface area contributed by atoms with Gasteiger partial charge in [-0.1, -0.05) is 42.5 Å². The Hall–Kier alpha value is -2.53. The van der Waals surface area contributed by atoms with Gasteiger partial charge in [-0.3, -0.25) is 4.90 Å². The monoisotopic (exact) mass is 378 g/mol. The van der Waals surface area contributed by atoms with Crippen LogP contribution in [0.15, 0.2) is 54.6 Å². The van der Waals surface area contributed by atoms with E-state index in [2.05, 4.69) is 69.0 Å². The number of nitrogens with one attached hydrogen (secondary N) is 2. The lowest BCUT2D eigenvalue weighted by Gasteiger charge is -2.28. The van der Waals surface area contributed by atoms with Crippen LogP contribution in [0.4, 0.5) is 10.5 Å². The number of para-hydroxylation sites is 1. The molecule has 5 nitrogen and oxygen atoms in total. The molecular formula is C23H30N4O. The molecule has 0 bridgehead atoms. The van der Waals surface area contributed by atoms with Crippen molar-refractivity contribution in [2.75, 3.05) is 44.2 Å². The number of hydrogen-bond acceptors (Lipinski definition) is 3. The molecule has 2 aromatic rings. The molecule has 2 aliphatic rings. The molecule has 0 aliphatic carbocycles. The van der Waals surface area contributed by atoms with E-state index in [9.17, 15) is 4.79 Å². The van der Waals surface area contributed by atoms with Crippen LogP contribution in [-0.2, 0) is 13.0 Å². The van der Waals surface area contributed by atoms with E-state index in [4.69, 9.17) is 0 Å². The molecule has 1 unspecified atom stereocenters. The number of carbonyl (C=O) groups excluding carboxylic acids is 1. The maximum atomic E-state index is 12.1. The van der Waals surface area contributed by atoms with Crippen molar-refractivity contribution in [3.63, 3.8) is 0 Å². The zero-order valence-corrected chi connectivity index (χ0v) is 16.4. The average Bonchev–Trinajstić information content (AvgIpc) is 3.22. The number of urea groups is 1. The molecule has 1 atom stereocenters. The van der Waals surface area contributed by atoms with E-state index in [0.717, 1.165) is 52.1 Å². The topological polar surface area (TPSA) is 47.6 Å². The van der Waals surface area contributed by atoms with E-state index in [1.165, 1.54) is 16.8 Å². The highest BCUT2D eigenvalue weighted by Gasteiger charge is 2.23. The van der Waals surface area contributed by atoms with Crippen LogP contribution in [0.2, 0.25) is 0 Å². The van der Waals surface area contributed by atoms with Crippen molar-refractivity contribution in [2.45, 2.75) is 19.4 Å². The van der Waals surface area contributed by atoms with Crippen molar-refractivity contribution in [3.8, 4) is 0 Å². The Morgan fingerprint density at radius 1 is 0.964 bits per heavy atom. The Morgan fingerprint density at radius 3 is 2.61 bits per heavy atom. The summed E-state index contributed by atoms with van der Waals surface area (Å²) in [5, 5.41) is 6.07. The Labute approximate surface area is 167 Å². The molecule has 0 spiro atoms. The Balaban J connectivity index is 1.12. The van der Waals surface area contributed by atoms with Crippen LogP contribution in [0.3, 0.4) is 0 Å². The number of anilines is 1. The Kier molecular flexibility index (Phi) is 6.12. The summed E-state index contributed by atoms with van der Waals surface area (Å²) in [5.74, 6) is 0.518. The molecule has 0 aromatic heterocycles. The summed E-state index contributed by atoms with van der Waals surface area (Å²) in [4.78, 5) is 17.0. The fourth-order valence-electron chi connectivity index (χ4n) is 4.24. The largest absolute Gasteiger partial charge is 0.371 e. The van der Waals surface area contributed by atoms with E-state index in [1.54, 1.807) is 0 Å². The van der Waals surface area contributed by atoms with Gasteiger partial charge in [-0.05, 0) is 42.0 Å². The van der Waals surface area contributed by atoms with Crippen LogP contribution in [0.5, 0.6) is 0 Å². The third-order valence-electron chi connectivity index (χ3n) is 5.88. The zero-order valence-electron chi connectivity index (χ0n) is 16.4. The van der Waals surface area contributed by atoms with Gasteiger partial charge in [0.15, 0.2) is 0 Å². The first kappa shape index (κ1) is 18.8. The van der Waals surface area contributed by atoms with E-state index in [-0.39, 0.29) is 6.03 Å². The predicted molar refractivity (Wildman–Crippen MR) is 114 cm³/mol. The second-order valence-corrected chi connectivity index (χ2v) is 7.87. The Bertz CT molecular complexity index is 779. The number of amides is 2. The molecule has 2 aliphatic heterocycles. The molecule has 148 valence electrons. The van der Waals surface area contributed by atoms with Crippen molar-refractivity contribution in [1.82, 2.24) is 15.5 Å². The number of carbonyl (C=O) groups is 1. The van der Waals surface area contributed by atoms with Crippen LogP contribution in [0.25, 0.3) is 0 Å². The van der Waals surface area contributed by atoms with Gasteiger partial charge < -0.3 is 15.5 Å². The van der Waals surface area contributed by atoms with Gasteiger partial charge in [0.1, 0.15) is 0 Å². The normalized spacial score (nSPS) is 19.3. The lowest BCUT2D eigenvalue weighted by atomic mass is 10.00. The summed E-state index contributed by atoms with van der Waals surface area (Å²) in [5.41, 5.74) is 4.16. The lowest BCUT2D eigenvalue weighted by molar-refractivity contribution is 0.229. The number of fused-ring (bicyclic) bond motifs is 1. The predicted octanol–water partition coefficient (Wildman–Crippen LogP) is 2.87. The smallest absolute Gasteiger partial charge is 0.314 e. The maximum Gasteiger partial charge on any atom is 0.314 e. The quantitative estimate of drug-likeness (QED) is 0.813. The van der Waals surface area contributed by atoms with Crippen LogP contribution in [0, 0.1) is 5.92 Å². The van der Waals surface area contributed by atoms with Crippen molar-refractivity contribution in [1.29, 1.82) is 0 Å². The summed E-state index contributed by atoms with van der Waals surface area (Å²) in [6.45, 7) is 6.45. The van der Waals surface area contributed by atoms with Crippen molar-refractivity contribution in [3.05, 3.63) is 65.7 Å². The van der Waals surface area contributed by atoms with Gasteiger partial charge in [-0.2, -0.15) is 0 Å². The molecule has 2 amide bonds.